The number of nitrogens with one attached hydrogen (secondary N) is 1. The molecule has 0 bridgehead atoms. The molecule has 21 heavy (non-hydrogen) atoms. The van der Waals surface area contributed by atoms with Gasteiger partial charge < -0.3 is 9.30 Å². The van der Waals surface area contributed by atoms with Gasteiger partial charge in [-0.2, -0.15) is 0 Å². The lowest BCUT2D eigenvalue weighted by Crippen LogP contribution is -2.27. The molecule has 1 amide bonds. The standard InChI is InChI=1S/C15H17N3O3/c1-15(2,3)21-14(20)17-12-8-11(9-19)4-5-13(12)18-7-6-16-10-18/h4-10H,1-3H3,(H,17,20). The number of hydrogen-bond acceptors (Lipinski definition) is 4. The van der Waals surface area contributed by atoms with E-state index in [9.17, 15) is 9.59 Å². The Kier molecular flexibility index (Phi) is 4.07. The number of nitrogens with zero attached hydrogens (tertiary/aromatic N) is 2. The molecule has 0 saturated carbocycles. The van der Waals surface area contributed by atoms with Gasteiger partial charge in [-0.05, 0) is 39.0 Å². The molecule has 0 aliphatic rings. The molecule has 1 aromatic heterocycles. The summed E-state index contributed by atoms with van der Waals surface area (Å²) in [7, 11) is 0. The van der Waals surface area contributed by atoms with Crippen LogP contribution in [0.15, 0.2) is 36.9 Å². The molecule has 0 radical (unpaired) electrons. The summed E-state index contributed by atoms with van der Waals surface area (Å²) in [5, 5.41) is 2.66. The van der Waals surface area contributed by atoms with E-state index in [-0.39, 0.29) is 0 Å². The summed E-state index contributed by atoms with van der Waals surface area (Å²) in [5.41, 5.74) is 1.04. The molecule has 110 valence electrons. The number of benzene rings is 1. The Labute approximate surface area is 122 Å². The fourth-order valence-corrected chi connectivity index (χ4v) is 1.77. The number of rotatable bonds is 3. The third-order valence-corrected chi connectivity index (χ3v) is 2.57. The Morgan fingerprint density at radius 3 is 2.71 bits per heavy atom. The van der Waals surface area contributed by atoms with Gasteiger partial charge in [0, 0.05) is 18.0 Å². The highest BCUT2D eigenvalue weighted by molar-refractivity contribution is 5.90. The van der Waals surface area contributed by atoms with Crippen molar-refractivity contribution >= 4 is 18.1 Å². The van der Waals surface area contributed by atoms with E-state index in [0.717, 1.165) is 6.29 Å². The zero-order valence-electron chi connectivity index (χ0n) is 12.2. The van der Waals surface area contributed by atoms with Gasteiger partial charge in [0.1, 0.15) is 11.9 Å². The van der Waals surface area contributed by atoms with Gasteiger partial charge in [-0.3, -0.25) is 10.1 Å². The van der Waals surface area contributed by atoms with Crippen LogP contribution in [-0.2, 0) is 4.74 Å². The predicted molar refractivity (Wildman–Crippen MR) is 78.8 cm³/mol. The zero-order chi connectivity index (χ0) is 15.5. The molecule has 0 aliphatic carbocycles. The Morgan fingerprint density at radius 2 is 2.14 bits per heavy atom. The van der Waals surface area contributed by atoms with Gasteiger partial charge in [-0.15, -0.1) is 0 Å². The third-order valence-electron chi connectivity index (χ3n) is 2.57. The predicted octanol–water partition coefficient (Wildman–Crippen LogP) is 3.03. The summed E-state index contributed by atoms with van der Waals surface area (Å²) < 4.78 is 6.96. The molecule has 6 heteroatoms. The van der Waals surface area contributed by atoms with E-state index in [1.54, 1.807) is 62.3 Å². The van der Waals surface area contributed by atoms with Gasteiger partial charge in [0.2, 0.25) is 0 Å². The molecule has 0 atom stereocenters. The number of amides is 1. The Bertz CT molecular complexity index is 643. The summed E-state index contributed by atoms with van der Waals surface area (Å²) in [6.45, 7) is 5.35. The van der Waals surface area contributed by atoms with Gasteiger partial charge >= 0.3 is 6.09 Å². The van der Waals surface area contributed by atoms with Crippen molar-refractivity contribution in [2.45, 2.75) is 26.4 Å². The van der Waals surface area contributed by atoms with E-state index in [0.29, 0.717) is 16.9 Å². The first-order valence-corrected chi connectivity index (χ1v) is 6.46. The van der Waals surface area contributed by atoms with Crippen LogP contribution in [0.5, 0.6) is 0 Å². The molecule has 1 N–H and O–H groups in total. The summed E-state index contributed by atoms with van der Waals surface area (Å²) in [6.07, 6.45) is 5.13. The van der Waals surface area contributed by atoms with Crippen molar-refractivity contribution in [2.24, 2.45) is 0 Å². The van der Waals surface area contributed by atoms with Crippen LogP contribution < -0.4 is 5.32 Å². The number of carbonyl (C=O) groups is 2. The second-order valence-corrected chi connectivity index (χ2v) is 5.49. The van der Waals surface area contributed by atoms with Crippen LogP contribution in [0.1, 0.15) is 31.1 Å². The maximum Gasteiger partial charge on any atom is 0.412 e. The molecular formula is C15H17N3O3. The van der Waals surface area contributed by atoms with Gasteiger partial charge in [-0.25, -0.2) is 9.78 Å². The first kappa shape index (κ1) is 14.8. The highest BCUT2D eigenvalue weighted by Gasteiger charge is 2.17. The number of aromatic nitrogens is 2. The molecule has 0 saturated heterocycles. The number of anilines is 1. The van der Waals surface area contributed by atoms with Crippen molar-refractivity contribution in [2.75, 3.05) is 5.32 Å². The molecular weight excluding hydrogens is 270 g/mol. The highest BCUT2D eigenvalue weighted by Crippen LogP contribution is 2.22. The Hall–Kier alpha value is -2.63. The molecule has 2 rings (SSSR count). The van der Waals surface area contributed by atoms with Crippen LogP contribution in [0.3, 0.4) is 0 Å². The minimum atomic E-state index is -0.596. The second kappa shape index (κ2) is 5.78. The quantitative estimate of drug-likeness (QED) is 0.881. The van der Waals surface area contributed by atoms with Crippen molar-refractivity contribution in [1.29, 1.82) is 0 Å². The first-order valence-electron chi connectivity index (χ1n) is 6.46. The average Bonchev–Trinajstić information content (AvgIpc) is 2.90. The second-order valence-electron chi connectivity index (χ2n) is 5.49. The summed E-state index contributed by atoms with van der Waals surface area (Å²) in [6, 6.07) is 4.99. The molecule has 0 unspecified atom stereocenters. The highest BCUT2D eigenvalue weighted by atomic mass is 16.6. The van der Waals surface area contributed by atoms with E-state index < -0.39 is 11.7 Å². The lowest BCUT2D eigenvalue weighted by atomic mass is 10.2. The summed E-state index contributed by atoms with van der Waals surface area (Å²) >= 11 is 0. The van der Waals surface area contributed by atoms with Crippen LogP contribution in [-0.4, -0.2) is 27.5 Å². The first-order chi connectivity index (χ1) is 9.89. The fraction of sp³-hybridized carbons (Fsp3) is 0.267. The normalized spacial score (nSPS) is 11.0. The number of carbonyl (C=O) groups excluding carboxylic acids is 2. The van der Waals surface area contributed by atoms with Crippen molar-refractivity contribution < 1.29 is 14.3 Å². The van der Waals surface area contributed by atoms with Crippen LogP contribution >= 0.6 is 0 Å². The minimum Gasteiger partial charge on any atom is -0.444 e. The molecule has 1 aromatic carbocycles. The number of aldehydes is 1. The summed E-state index contributed by atoms with van der Waals surface area (Å²) in [5.74, 6) is 0. The molecule has 0 fully saturated rings. The van der Waals surface area contributed by atoms with Gasteiger partial charge in [0.15, 0.2) is 0 Å². The smallest absolute Gasteiger partial charge is 0.412 e. The molecule has 0 aliphatic heterocycles. The molecule has 2 aromatic rings. The van der Waals surface area contributed by atoms with E-state index in [4.69, 9.17) is 4.74 Å². The monoisotopic (exact) mass is 287 g/mol. The lowest BCUT2D eigenvalue weighted by molar-refractivity contribution is 0.0635. The van der Waals surface area contributed by atoms with Crippen LogP contribution in [0.2, 0.25) is 0 Å². The number of hydrogen-bond donors (Lipinski definition) is 1. The SMILES string of the molecule is CC(C)(C)OC(=O)Nc1cc(C=O)ccc1-n1ccnc1. The van der Waals surface area contributed by atoms with Crippen LogP contribution in [0, 0.1) is 0 Å². The maximum atomic E-state index is 11.9. The minimum absolute atomic E-state index is 0.463. The topological polar surface area (TPSA) is 73.2 Å². The molecule has 0 spiro atoms. The number of ether oxygens (including phenoxy) is 1. The summed E-state index contributed by atoms with van der Waals surface area (Å²) in [4.78, 5) is 26.8. The van der Waals surface area contributed by atoms with E-state index in [1.165, 1.54) is 0 Å². The van der Waals surface area contributed by atoms with Crippen molar-refractivity contribution in [3.8, 4) is 5.69 Å². The molecule has 6 nitrogen and oxygen atoms in total. The third kappa shape index (κ3) is 3.92. The van der Waals surface area contributed by atoms with Crippen LogP contribution in [0.4, 0.5) is 10.5 Å². The van der Waals surface area contributed by atoms with Gasteiger partial charge in [0.25, 0.3) is 0 Å². The molecule has 1 heterocycles. The van der Waals surface area contributed by atoms with Crippen molar-refractivity contribution in [3.05, 3.63) is 42.5 Å². The van der Waals surface area contributed by atoms with Gasteiger partial charge in [-0.1, -0.05) is 0 Å². The van der Waals surface area contributed by atoms with Gasteiger partial charge in [0.05, 0.1) is 17.7 Å². The zero-order valence-corrected chi connectivity index (χ0v) is 12.2. The van der Waals surface area contributed by atoms with Crippen LogP contribution in [0.25, 0.3) is 5.69 Å². The average molecular weight is 287 g/mol. The van der Waals surface area contributed by atoms with Crippen molar-refractivity contribution in [3.63, 3.8) is 0 Å². The Balaban J connectivity index is 2.32. The van der Waals surface area contributed by atoms with Crippen molar-refractivity contribution in [1.82, 2.24) is 9.55 Å². The fourth-order valence-electron chi connectivity index (χ4n) is 1.77. The maximum absolute atomic E-state index is 11.9. The number of imidazole rings is 1. The van der Waals surface area contributed by atoms with E-state index in [2.05, 4.69) is 10.3 Å². The Morgan fingerprint density at radius 1 is 1.38 bits per heavy atom. The van der Waals surface area contributed by atoms with E-state index in [1.807, 2.05) is 0 Å². The van der Waals surface area contributed by atoms with E-state index >= 15 is 0 Å². The lowest BCUT2D eigenvalue weighted by Gasteiger charge is -2.20. The largest absolute Gasteiger partial charge is 0.444 e.